The van der Waals surface area contributed by atoms with Crippen LogP contribution in [0.15, 0.2) is 36.7 Å². The molecule has 18 heteroatoms. The third kappa shape index (κ3) is 5.56. The van der Waals surface area contributed by atoms with Crippen molar-refractivity contribution in [2.75, 3.05) is 17.8 Å². The van der Waals surface area contributed by atoms with Crippen molar-refractivity contribution in [3.05, 3.63) is 41.9 Å². The highest BCUT2D eigenvalue weighted by atomic mass is 35.5. The van der Waals surface area contributed by atoms with Crippen LogP contribution >= 0.6 is 26.7 Å². The van der Waals surface area contributed by atoms with E-state index in [0.717, 1.165) is 10.9 Å². The first-order valence-corrected chi connectivity index (χ1v) is 14.8. The number of hydrogen-bond donors (Lipinski definition) is 8. The van der Waals surface area contributed by atoms with Gasteiger partial charge in [-0.3, -0.25) is 13.7 Å². The molecule has 0 aliphatic carbocycles. The fraction of sp³-hybridized carbons (Fsp3) is 0.316. The van der Waals surface area contributed by atoms with E-state index in [4.69, 9.17) is 26.1 Å². The Morgan fingerprint density at radius 3 is 2.62 bits per heavy atom. The second-order valence-electron chi connectivity index (χ2n) is 8.48. The summed E-state index contributed by atoms with van der Waals surface area (Å²) in [5, 5.41) is 27.1. The first kappa shape index (κ1) is 26.2. The largest absolute Gasteiger partial charge is 0.387 e. The molecule has 1 aromatic carbocycles. The summed E-state index contributed by atoms with van der Waals surface area (Å²) in [4.78, 5) is 43.6. The van der Waals surface area contributed by atoms with Crippen molar-refractivity contribution in [2.24, 2.45) is 0 Å². The summed E-state index contributed by atoms with van der Waals surface area (Å²) in [6.45, 7) is -0.474. The molecular weight excluding hydrogens is 552 g/mol. The van der Waals surface area contributed by atoms with Crippen LogP contribution < -0.4 is 10.4 Å². The van der Waals surface area contributed by atoms with Crippen LogP contribution in [-0.2, 0) is 13.9 Å². The van der Waals surface area contributed by atoms with Crippen molar-refractivity contribution in [1.29, 1.82) is 0 Å². The smallest absolute Gasteiger partial charge is 0.336 e. The molecule has 37 heavy (non-hydrogen) atoms. The van der Waals surface area contributed by atoms with Crippen LogP contribution in [0.25, 0.3) is 22.1 Å². The van der Waals surface area contributed by atoms with E-state index in [9.17, 15) is 24.2 Å². The Balaban J connectivity index is 1.38. The minimum absolute atomic E-state index is 0.127. The first-order chi connectivity index (χ1) is 17.4. The lowest BCUT2D eigenvalue weighted by atomic mass is 10.1. The van der Waals surface area contributed by atoms with E-state index in [0.29, 0.717) is 5.82 Å². The van der Waals surface area contributed by atoms with Crippen LogP contribution in [0.5, 0.6) is 0 Å². The molecule has 4 aromatic rings. The number of aromatic amines is 1. The number of fused-ring (bicyclic) bond motifs is 2. The highest BCUT2D eigenvalue weighted by Crippen LogP contribution is 2.52. The average molecular weight is 574 g/mol. The zero-order valence-corrected chi connectivity index (χ0v) is 21.3. The summed E-state index contributed by atoms with van der Waals surface area (Å²) < 4.78 is 30.1. The van der Waals surface area contributed by atoms with E-state index in [1.54, 1.807) is 0 Å². The van der Waals surface area contributed by atoms with Gasteiger partial charge in [0.25, 0.3) is 7.52 Å². The summed E-state index contributed by atoms with van der Waals surface area (Å²) in [7, 11) is -9.22. The van der Waals surface area contributed by atoms with E-state index < -0.39 is 52.1 Å². The molecular formula is C19H22ClN7O8P2. The number of nitrogens with zero attached hydrogens (tertiary/aromatic N) is 4. The Morgan fingerprint density at radius 1 is 1.14 bits per heavy atom. The molecule has 3 aromatic heterocycles. The number of halogens is 1. The van der Waals surface area contributed by atoms with Crippen molar-refractivity contribution in [3.63, 3.8) is 0 Å². The fourth-order valence-corrected chi connectivity index (χ4v) is 7.12. The minimum Gasteiger partial charge on any atom is -0.387 e. The number of anilines is 2. The molecule has 5 atom stereocenters. The first-order valence-electron chi connectivity index (χ1n) is 10.8. The molecule has 0 spiro atoms. The van der Waals surface area contributed by atoms with Crippen molar-refractivity contribution in [2.45, 2.75) is 24.5 Å². The number of benzene rings is 1. The molecule has 0 saturated carbocycles. The van der Waals surface area contributed by atoms with E-state index in [2.05, 4.69) is 30.3 Å². The van der Waals surface area contributed by atoms with Gasteiger partial charge in [0.15, 0.2) is 23.2 Å². The summed E-state index contributed by atoms with van der Waals surface area (Å²) in [6, 6.07) is 9.52. The third-order valence-electron chi connectivity index (χ3n) is 5.70. The third-order valence-corrected chi connectivity index (χ3v) is 9.56. The summed E-state index contributed by atoms with van der Waals surface area (Å²) >= 11 is 6.15. The Bertz CT molecular complexity index is 1530. The van der Waals surface area contributed by atoms with Gasteiger partial charge in [-0.15, -0.1) is 0 Å². The molecule has 0 bridgehead atoms. The van der Waals surface area contributed by atoms with Gasteiger partial charge in [-0.1, -0.05) is 18.2 Å². The fourth-order valence-electron chi connectivity index (χ4n) is 4.09. The number of aliphatic hydroxyl groups excluding tert-OH is 2. The van der Waals surface area contributed by atoms with E-state index in [-0.39, 0.29) is 22.3 Å². The monoisotopic (exact) mass is 573 g/mol. The minimum atomic E-state index is -4.77. The SMILES string of the molecule is O=P(O)(O)CP(=O)(O)NCC1OC(n2cnc3c(Nc4cc5ccccc5[nH]4)nc(Cl)nc32)C(O)C1O. The van der Waals surface area contributed by atoms with Crippen molar-refractivity contribution in [3.8, 4) is 0 Å². The maximum absolute atomic E-state index is 12.0. The molecule has 0 amide bonds. The summed E-state index contributed by atoms with van der Waals surface area (Å²) in [5.41, 5.74) is 1.37. The maximum atomic E-state index is 12.0. The van der Waals surface area contributed by atoms with Crippen LogP contribution in [0, 0.1) is 0 Å². The molecule has 1 saturated heterocycles. The van der Waals surface area contributed by atoms with Gasteiger partial charge in [-0.2, -0.15) is 9.97 Å². The Hall–Kier alpha value is -2.42. The normalized spacial score (nSPS) is 24.1. The number of aromatic nitrogens is 5. The molecule has 1 aliphatic heterocycles. The Morgan fingerprint density at radius 2 is 1.89 bits per heavy atom. The van der Waals surface area contributed by atoms with Gasteiger partial charge in [0.05, 0.1) is 6.33 Å². The number of hydrogen-bond acceptors (Lipinski definition) is 9. The predicted molar refractivity (Wildman–Crippen MR) is 133 cm³/mol. The molecule has 4 heterocycles. The van der Waals surface area contributed by atoms with Gasteiger partial charge < -0.3 is 39.9 Å². The van der Waals surface area contributed by atoms with Crippen LogP contribution in [0.4, 0.5) is 11.6 Å². The maximum Gasteiger partial charge on any atom is 0.336 e. The lowest BCUT2D eigenvalue weighted by molar-refractivity contribution is -0.0331. The van der Waals surface area contributed by atoms with E-state index in [1.807, 2.05) is 30.3 Å². The topological polar surface area (TPSA) is 228 Å². The van der Waals surface area contributed by atoms with Gasteiger partial charge in [0, 0.05) is 17.4 Å². The molecule has 1 fully saturated rings. The lowest BCUT2D eigenvalue weighted by Gasteiger charge is -2.19. The number of nitrogens with one attached hydrogen (secondary N) is 3. The van der Waals surface area contributed by atoms with Crippen LogP contribution in [0.1, 0.15) is 6.23 Å². The zero-order valence-electron chi connectivity index (χ0n) is 18.7. The molecule has 0 radical (unpaired) electrons. The molecule has 5 rings (SSSR count). The van der Waals surface area contributed by atoms with Gasteiger partial charge in [-0.25, -0.2) is 10.1 Å². The van der Waals surface area contributed by atoms with Crippen molar-refractivity contribution < 1.29 is 38.8 Å². The quantitative estimate of drug-likeness (QED) is 0.110. The molecule has 198 valence electrons. The number of imidazole rings is 1. The second-order valence-corrected chi connectivity index (χ2v) is 13.0. The standard InChI is InChI=1S/C19H22ClN7O8P2/c20-19-25-16(24-12-5-9-3-1-2-4-10(9)23-12)13-17(26-19)27(7-21-13)18-15(29)14(28)11(35-18)6-22-36(30,31)8-37(32,33)34/h1-5,7,11,14-15,18,23,28-29H,6,8H2,(H2,22,30,31)(H,24,25,26)(H2,32,33,34). The lowest BCUT2D eigenvalue weighted by Crippen LogP contribution is -2.37. The highest BCUT2D eigenvalue weighted by Gasteiger charge is 2.45. The van der Waals surface area contributed by atoms with Crippen LogP contribution in [0.2, 0.25) is 5.28 Å². The second kappa shape index (κ2) is 9.71. The molecule has 1 aliphatic rings. The molecule has 8 N–H and O–H groups in total. The van der Waals surface area contributed by atoms with Crippen molar-refractivity contribution >= 4 is 60.4 Å². The number of aliphatic hydroxyl groups is 2. The van der Waals surface area contributed by atoms with Crippen LogP contribution in [0.3, 0.4) is 0 Å². The summed E-state index contributed by atoms with van der Waals surface area (Å²) in [5.74, 6) is -0.401. The highest BCUT2D eigenvalue weighted by molar-refractivity contribution is 7.71. The molecule has 15 nitrogen and oxygen atoms in total. The number of H-pyrrole nitrogens is 1. The van der Waals surface area contributed by atoms with Gasteiger partial charge in [0.1, 0.15) is 30.0 Å². The average Bonchev–Trinajstić information content (AvgIpc) is 3.47. The Kier molecular flexibility index (Phi) is 6.88. The zero-order chi connectivity index (χ0) is 26.5. The predicted octanol–water partition coefficient (Wildman–Crippen LogP) is 1.23. The summed E-state index contributed by atoms with van der Waals surface area (Å²) in [6.07, 6.45) is -4.10. The Labute approximate surface area is 213 Å². The van der Waals surface area contributed by atoms with Gasteiger partial charge in [0.2, 0.25) is 5.28 Å². The number of para-hydroxylation sites is 1. The van der Waals surface area contributed by atoms with E-state index in [1.165, 1.54) is 10.9 Å². The van der Waals surface area contributed by atoms with Gasteiger partial charge >= 0.3 is 7.60 Å². The van der Waals surface area contributed by atoms with Crippen molar-refractivity contribution in [1.82, 2.24) is 29.6 Å². The number of ether oxygens (including phenoxy) is 1. The van der Waals surface area contributed by atoms with E-state index >= 15 is 0 Å². The number of rotatable bonds is 8. The van der Waals surface area contributed by atoms with Crippen LogP contribution in [-0.4, -0.2) is 80.2 Å². The van der Waals surface area contributed by atoms with Gasteiger partial charge in [-0.05, 0) is 23.7 Å². The molecule has 5 unspecified atom stereocenters.